The number of carboxylic acid groups (broad SMARTS) is 3. The SMILES string of the molecule is CC(C)C(NC(=O)C(Cc1c[nH]c2ccccc12)NC(=O)C(N)CCC(=O)O)C(=O)NC(CCC(=O)O)C(=O)O. The molecule has 0 aliphatic carbocycles. The van der Waals surface area contributed by atoms with Crippen LogP contribution in [-0.4, -0.2) is 80.1 Å². The van der Waals surface area contributed by atoms with Crippen molar-refractivity contribution in [3.63, 3.8) is 0 Å². The molecule has 0 spiro atoms. The fraction of sp³-hybridized carbons (Fsp3) is 0.462. The minimum Gasteiger partial charge on any atom is -0.481 e. The van der Waals surface area contributed by atoms with Crippen LogP contribution in [0.4, 0.5) is 0 Å². The summed E-state index contributed by atoms with van der Waals surface area (Å²) in [6.45, 7) is 3.24. The van der Waals surface area contributed by atoms with E-state index in [1.807, 2.05) is 18.2 Å². The van der Waals surface area contributed by atoms with E-state index in [0.29, 0.717) is 5.56 Å². The molecule has 2 aromatic rings. The molecule has 0 radical (unpaired) electrons. The van der Waals surface area contributed by atoms with Gasteiger partial charge in [-0.1, -0.05) is 32.0 Å². The maximum atomic E-state index is 13.4. The number of nitrogens with two attached hydrogens (primary N) is 1. The molecule has 218 valence electrons. The highest BCUT2D eigenvalue weighted by molar-refractivity contribution is 5.95. The summed E-state index contributed by atoms with van der Waals surface area (Å²) in [7, 11) is 0. The molecule has 14 nitrogen and oxygen atoms in total. The summed E-state index contributed by atoms with van der Waals surface area (Å²) in [5, 5.41) is 35.3. The van der Waals surface area contributed by atoms with Crippen LogP contribution in [-0.2, 0) is 35.2 Å². The lowest BCUT2D eigenvalue weighted by Crippen LogP contribution is -2.59. The van der Waals surface area contributed by atoms with Gasteiger partial charge in [0.25, 0.3) is 0 Å². The van der Waals surface area contributed by atoms with Crippen LogP contribution in [0.2, 0.25) is 0 Å². The molecule has 0 saturated carbocycles. The fourth-order valence-corrected chi connectivity index (χ4v) is 3.99. The van der Waals surface area contributed by atoms with Crippen LogP contribution >= 0.6 is 0 Å². The van der Waals surface area contributed by atoms with E-state index in [1.165, 1.54) is 0 Å². The molecule has 0 aliphatic rings. The highest BCUT2D eigenvalue weighted by atomic mass is 16.4. The number of carbonyl (C=O) groups excluding carboxylic acids is 3. The molecule has 4 unspecified atom stereocenters. The van der Waals surface area contributed by atoms with Crippen molar-refractivity contribution < 1.29 is 44.1 Å². The number of carbonyl (C=O) groups is 6. The Hall–Kier alpha value is -4.46. The topological polar surface area (TPSA) is 241 Å². The molecule has 0 saturated heterocycles. The molecule has 0 bridgehead atoms. The maximum absolute atomic E-state index is 13.4. The molecule has 0 aliphatic heterocycles. The Morgan fingerprint density at radius 3 is 2.02 bits per heavy atom. The lowest BCUT2D eigenvalue weighted by atomic mass is 9.99. The van der Waals surface area contributed by atoms with Gasteiger partial charge < -0.3 is 42.0 Å². The van der Waals surface area contributed by atoms with Crippen LogP contribution in [0.25, 0.3) is 10.9 Å². The van der Waals surface area contributed by atoms with Gasteiger partial charge in [0, 0.05) is 36.4 Å². The Bertz CT molecular complexity index is 1240. The van der Waals surface area contributed by atoms with Crippen molar-refractivity contribution in [2.75, 3.05) is 0 Å². The van der Waals surface area contributed by atoms with Crippen LogP contribution in [0.5, 0.6) is 0 Å². The number of benzene rings is 1. The zero-order valence-corrected chi connectivity index (χ0v) is 22.2. The first kappa shape index (κ1) is 31.8. The van der Waals surface area contributed by atoms with Gasteiger partial charge in [-0.05, 0) is 30.4 Å². The average Bonchev–Trinajstić information content (AvgIpc) is 3.29. The van der Waals surface area contributed by atoms with E-state index in [0.717, 1.165) is 10.9 Å². The minimum absolute atomic E-state index is 0.00393. The Morgan fingerprint density at radius 2 is 1.43 bits per heavy atom. The zero-order chi connectivity index (χ0) is 30.0. The molecule has 2 rings (SSSR count). The van der Waals surface area contributed by atoms with E-state index < -0.39 is 72.1 Å². The van der Waals surface area contributed by atoms with E-state index in [-0.39, 0.29) is 25.7 Å². The quantitative estimate of drug-likeness (QED) is 0.136. The number of aromatic amines is 1. The summed E-state index contributed by atoms with van der Waals surface area (Å²) in [5.74, 6) is -6.65. The smallest absolute Gasteiger partial charge is 0.326 e. The number of fused-ring (bicyclic) bond motifs is 1. The summed E-state index contributed by atoms with van der Waals surface area (Å²) in [6.07, 6.45) is 0.312. The monoisotopic (exact) mass is 561 g/mol. The number of aromatic nitrogens is 1. The number of nitrogens with one attached hydrogen (secondary N) is 4. The summed E-state index contributed by atoms with van der Waals surface area (Å²) in [4.78, 5) is 75.5. The summed E-state index contributed by atoms with van der Waals surface area (Å²) < 4.78 is 0. The minimum atomic E-state index is -1.49. The van der Waals surface area contributed by atoms with Gasteiger partial charge in [-0.15, -0.1) is 0 Å². The van der Waals surface area contributed by atoms with Gasteiger partial charge in [0.05, 0.1) is 6.04 Å². The van der Waals surface area contributed by atoms with Crippen molar-refractivity contribution in [1.82, 2.24) is 20.9 Å². The Balaban J connectivity index is 2.26. The largest absolute Gasteiger partial charge is 0.481 e. The van der Waals surface area contributed by atoms with Crippen molar-refractivity contribution >= 4 is 46.5 Å². The second kappa shape index (κ2) is 14.6. The van der Waals surface area contributed by atoms with Gasteiger partial charge in [-0.25, -0.2) is 4.79 Å². The normalized spacial score (nSPS) is 14.1. The van der Waals surface area contributed by atoms with Gasteiger partial charge in [0.2, 0.25) is 17.7 Å². The fourth-order valence-electron chi connectivity index (χ4n) is 3.99. The molecule has 1 aromatic heterocycles. The number of amides is 3. The van der Waals surface area contributed by atoms with Gasteiger partial charge >= 0.3 is 17.9 Å². The number of hydrogen-bond acceptors (Lipinski definition) is 7. The molecule has 4 atom stereocenters. The van der Waals surface area contributed by atoms with E-state index in [1.54, 1.807) is 26.1 Å². The molecule has 3 amide bonds. The van der Waals surface area contributed by atoms with E-state index in [4.69, 9.17) is 15.9 Å². The predicted octanol–water partition coefficient (Wildman–Crippen LogP) is -0.0377. The Morgan fingerprint density at radius 1 is 0.825 bits per heavy atom. The Labute approximate surface area is 229 Å². The van der Waals surface area contributed by atoms with Gasteiger partial charge in [-0.3, -0.25) is 24.0 Å². The molecule has 0 fully saturated rings. The second-order valence-corrected chi connectivity index (χ2v) is 9.73. The number of aliphatic carboxylic acids is 3. The van der Waals surface area contributed by atoms with Crippen molar-refractivity contribution in [3.05, 3.63) is 36.0 Å². The van der Waals surface area contributed by atoms with E-state index >= 15 is 0 Å². The predicted molar refractivity (Wildman–Crippen MR) is 142 cm³/mol. The van der Waals surface area contributed by atoms with E-state index in [9.17, 15) is 33.9 Å². The Kier molecular flexibility index (Phi) is 11.6. The first-order chi connectivity index (χ1) is 18.8. The van der Waals surface area contributed by atoms with Crippen molar-refractivity contribution in [3.8, 4) is 0 Å². The third-order valence-corrected chi connectivity index (χ3v) is 6.25. The summed E-state index contributed by atoms with van der Waals surface area (Å²) in [5.41, 5.74) is 7.31. The maximum Gasteiger partial charge on any atom is 0.326 e. The van der Waals surface area contributed by atoms with Gasteiger partial charge in [-0.2, -0.15) is 0 Å². The first-order valence-electron chi connectivity index (χ1n) is 12.7. The lowest BCUT2D eigenvalue weighted by Gasteiger charge is -2.27. The number of hydrogen-bond donors (Lipinski definition) is 8. The highest BCUT2D eigenvalue weighted by Crippen LogP contribution is 2.19. The first-order valence-corrected chi connectivity index (χ1v) is 12.7. The average molecular weight is 562 g/mol. The van der Waals surface area contributed by atoms with E-state index in [2.05, 4.69) is 20.9 Å². The number of para-hydroxylation sites is 1. The molecule has 14 heteroatoms. The lowest BCUT2D eigenvalue weighted by molar-refractivity contribution is -0.144. The molecule has 1 heterocycles. The van der Waals surface area contributed by atoms with Crippen LogP contribution in [0.15, 0.2) is 30.5 Å². The van der Waals surface area contributed by atoms with Crippen LogP contribution in [0.3, 0.4) is 0 Å². The molecule has 1 aromatic carbocycles. The third-order valence-electron chi connectivity index (χ3n) is 6.25. The molecular formula is C26H35N5O9. The highest BCUT2D eigenvalue weighted by Gasteiger charge is 2.32. The number of rotatable bonds is 16. The second-order valence-electron chi connectivity index (χ2n) is 9.73. The van der Waals surface area contributed by atoms with Crippen molar-refractivity contribution in [1.29, 1.82) is 0 Å². The van der Waals surface area contributed by atoms with Gasteiger partial charge in [0.1, 0.15) is 18.1 Å². The zero-order valence-electron chi connectivity index (χ0n) is 22.2. The number of carboxylic acids is 3. The number of H-pyrrole nitrogens is 1. The van der Waals surface area contributed by atoms with Crippen molar-refractivity contribution in [2.24, 2.45) is 11.7 Å². The van der Waals surface area contributed by atoms with Crippen LogP contribution < -0.4 is 21.7 Å². The molecule has 40 heavy (non-hydrogen) atoms. The standard InChI is InChI=1S/C26H35N5O9/c1-13(2)22(25(38)29-18(26(39)40)8-10-21(34)35)31-24(37)19(30-23(36)16(27)7-9-20(32)33)11-14-12-28-17-6-4-3-5-15(14)17/h3-6,12-13,16,18-19,22,28H,7-11,27H2,1-2H3,(H,29,38)(H,30,36)(H,31,37)(H,32,33)(H,34,35)(H,39,40). The summed E-state index contributed by atoms with van der Waals surface area (Å²) >= 11 is 0. The molecular weight excluding hydrogens is 526 g/mol. The molecule has 9 N–H and O–H groups in total. The van der Waals surface area contributed by atoms with Crippen molar-refractivity contribution in [2.45, 2.75) is 70.1 Å². The van der Waals surface area contributed by atoms with Crippen LogP contribution in [0.1, 0.15) is 45.1 Å². The third kappa shape index (κ3) is 9.38. The summed E-state index contributed by atoms with van der Waals surface area (Å²) in [6, 6.07) is 2.14. The van der Waals surface area contributed by atoms with Crippen LogP contribution in [0, 0.1) is 5.92 Å². The van der Waals surface area contributed by atoms with Gasteiger partial charge in [0.15, 0.2) is 0 Å².